The highest BCUT2D eigenvalue weighted by atomic mass is 15.3. The largest absolute Gasteiger partial charge is 0.313 e. The van der Waals surface area contributed by atoms with Gasteiger partial charge in [0.25, 0.3) is 0 Å². The van der Waals surface area contributed by atoms with E-state index in [-0.39, 0.29) is 0 Å². The summed E-state index contributed by atoms with van der Waals surface area (Å²) >= 11 is 0. The molecule has 0 amide bonds. The van der Waals surface area contributed by atoms with E-state index in [4.69, 9.17) is 0 Å². The summed E-state index contributed by atoms with van der Waals surface area (Å²) in [7, 11) is 2.23. The third kappa shape index (κ3) is 4.23. The second-order valence-electron chi connectivity index (χ2n) is 6.90. The highest BCUT2D eigenvalue weighted by Crippen LogP contribution is 2.23. The Balaban J connectivity index is 1.77. The maximum absolute atomic E-state index is 3.67. The van der Waals surface area contributed by atoms with Gasteiger partial charge in [-0.1, -0.05) is 13.8 Å². The van der Waals surface area contributed by atoms with Crippen molar-refractivity contribution in [2.45, 2.75) is 45.7 Å². The Morgan fingerprint density at radius 3 is 2.53 bits per heavy atom. The van der Waals surface area contributed by atoms with Crippen molar-refractivity contribution in [1.82, 2.24) is 15.1 Å². The lowest BCUT2D eigenvalue weighted by atomic mass is 9.91. The Hall–Kier alpha value is -0.120. The minimum Gasteiger partial charge on any atom is -0.313 e. The van der Waals surface area contributed by atoms with E-state index >= 15 is 0 Å². The van der Waals surface area contributed by atoms with Gasteiger partial charge < -0.3 is 10.2 Å². The zero-order valence-corrected chi connectivity index (χ0v) is 12.0. The lowest BCUT2D eigenvalue weighted by Gasteiger charge is -2.42. The van der Waals surface area contributed by atoms with E-state index in [0.717, 1.165) is 12.6 Å². The number of nitrogens with zero attached hydrogens (tertiary/aromatic N) is 2. The van der Waals surface area contributed by atoms with Gasteiger partial charge in [-0.2, -0.15) is 0 Å². The second-order valence-corrected chi connectivity index (χ2v) is 6.90. The highest BCUT2D eigenvalue weighted by molar-refractivity contribution is 4.87. The summed E-state index contributed by atoms with van der Waals surface area (Å²) in [5.74, 6) is 0. The first-order chi connectivity index (χ1) is 7.96. The molecule has 1 unspecified atom stereocenters. The van der Waals surface area contributed by atoms with E-state index in [1.165, 1.54) is 39.0 Å². The monoisotopic (exact) mass is 239 g/mol. The zero-order chi connectivity index (χ0) is 12.5. The quantitative estimate of drug-likeness (QED) is 0.782. The number of hydrogen-bond acceptors (Lipinski definition) is 3. The van der Waals surface area contributed by atoms with Crippen LogP contribution in [0.3, 0.4) is 0 Å². The molecule has 0 spiro atoms. The second kappa shape index (κ2) is 5.25. The molecule has 0 aromatic rings. The van der Waals surface area contributed by atoms with Crippen LogP contribution in [0, 0.1) is 5.41 Å². The Morgan fingerprint density at radius 2 is 1.94 bits per heavy atom. The van der Waals surface area contributed by atoms with Crippen LogP contribution in [0.1, 0.15) is 33.6 Å². The summed E-state index contributed by atoms with van der Waals surface area (Å²) in [5.41, 5.74) is 0.396. The van der Waals surface area contributed by atoms with Crippen molar-refractivity contribution < 1.29 is 0 Å². The summed E-state index contributed by atoms with van der Waals surface area (Å²) in [6.45, 7) is 13.2. The van der Waals surface area contributed by atoms with Gasteiger partial charge in [-0.3, -0.25) is 4.90 Å². The number of piperazine rings is 1. The third-order valence-corrected chi connectivity index (χ3v) is 4.05. The van der Waals surface area contributed by atoms with Gasteiger partial charge >= 0.3 is 0 Å². The fourth-order valence-electron chi connectivity index (χ4n) is 2.73. The molecule has 0 aromatic carbocycles. The van der Waals surface area contributed by atoms with Crippen LogP contribution >= 0.6 is 0 Å². The van der Waals surface area contributed by atoms with Crippen molar-refractivity contribution in [3.63, 3.8) is 0 Å². The van der Waals surface area contributed by atoms with E-state index in [1.54, 1.807) is 0 Å². The topological polar surface area (TPSA) is 18.5 Å². The van der Waals surface area contributed by atoms with Crippen molar-refractivity contribution in [2.75, 3.05) is 39.8 Å². The van der Waals surface area contributed by atoms with Gasteiger partial charge in [0.15, 0.2) is 0 Å². The summed E-state index contributed by atoms with van der Waals surface area (Å²) in [6.07, 6.45) is 2.78. The molecule has 0 bridgehead atoms. The van der Waals surface area contributed by atoms with Crippen molar-refractivity contribution in [1.29, 1.82) is 0 Å². The Morgan fingerprint density at radius 1 is 1.24 bits per heavy atom. The molecule has 2 aliphatic rings. The van der Waals surface area contributed by atoms with Crippen LogP contribution in [0.25, 0.3) is 0 Å². The molecule has 0 radical (unpaired) electrons. The fraction of sp³-hybridized carbons (Fsp3) is 1.00. The fourth-order valence-corrected chi connectivity index (χ4v) is 2.73. The van der Waals surface area contributed by atoms with E-state index in [9.17, 15) is 0 Å². The number of nitrogens with one attached hydrogen (secondary N) is 1. The van der Waals surface area contributed by atoms with Gasteiger partial charge in [-0.05, 0) is 32.2 Å². The van der Waals surface area contributed by atoms with E-state index in [0.29, 0.717) is 11.5 Å². The van der Waals surface area contributed by atoms with Gasteiger partial charge in [-0.25, -0.2) is 0 Å². The van der Waals surface area contributed by atoms with Crippen LogP contribution < -0.4 is 5.32 Å². The van der Waals surface area contributed by atoms with Crippen molar-refractivity contribution in [2.24, 2.45) is 5.41 Å². The molecule has 1 saturated heterocycles. The molecule has 17 heavy (non-hydrogen) atoms. The molecule has 1 atom stereocenters. The van der Waals surface area contributed by atoms with E-state index in [1.807, 2.05) is 0 Å². The highest BCUT2D eigenvalue weighted by Gasteiger charge is 2.29. The van der Waals surface area contributed by atoms with E-state index in [2.05, 4.69) is 42.9 Å². The van der Waals surface area contributed by atoms with Gasteiger partial charge in [0.05, 0.1) is 0 Å². The molecule has 1 heterocycles. The molecule has 3 heteroatoms. The summed E-state index contributed by atoms with van der Waals surface area (Å²) in [4.78, 5) is 5.10. The molecular weight excluding hydrogens is 210 g/mol. The first kappa shape index (κ1) is 13.3. The summed E-state index contributed by atoms with van der Waals surface area (Å²) in [5, 5.41) is 3.67. The van der Waals surface area contributed by atoms with Crippen LogP contribution in [-0.2, 0) is 0 Å². The standard InChI is InChI=1S/C14H29N3/c1-12-9-16(4)7-8-17(12)11-14(2,3)10-15-13-5-6-13/h12-13,15H,5-11H2,1-4H3. The molecule has 100 valence electrons. The lowest BCUT2D eigenvalue weighted by Crippen LogP contribution is -2.54. The predicted octanol–water partition coefficient (Wildman–Crippen LogP) is 1.40. The molecular formula is C14H29N3. The summed E-state index contributed by atoms with van der Waals surface area (Å²) in [6, 6.07) is 1.54. The normalized spacial score (nSPS) is 28.6. The van der Waals surface area contributed by atoms with E-state index < -0.39 is 0 Å². The van der Waals surface area contributed by atoms with Crippen LogP contribution in [0.15, 0.2) is 0 Å². The maximum Gasteiger partial charge on any atom is 0.0195 e. The summed E-state index contributed by atoms with van der Waals surface area (Å²) < 4.78 is 0. The van der Waals surface area contributed by atoms with Gasteiger partial charge in [0, 0.05) is 44.8 Å². The van der Waals surface area contributed by atoms with Gasteiger partial charge in [0.1, 0.15) is 0 Å². The number of rotatable bonds is 5. The SMILES string of the molecule is CC1CN(C)CCN1CC(C)(C)CNC1CC1. The predicted molar refractivity (Wildman–Crippen MR) is 73.3 cm³/mol. The molecule has 2 fully saturated rings. The molecule has 1 saturated carbocycles. The van der Waals surface area contributed by atoms with Crippen LogP contribution in [0.2, 0.25) is 0 Å². The third-order valence-electron chi connectivity index (χ3n) is 4.05. The lowest BCUT2D eigenvalue weighted by molar-refractivity contribution is 0.0650. The molecule has 1 N–H and O–H groups in total. The molecule has 1 aliphatic heterocycles. The average molecular weight is 239 g/mol. The zero-order valence-electron chi connectivity index (χ0n) is 12.0. The van der Waals surface area contributed by atoms with Gasteiger partial charge in [-0.15, -0.1) is 0 Å². The van der Waals surface area contributed by atoms with Crippen molar-refractivity contribution in [3.8, 4) is 0 Å². The first-order valence-corrected chi connectivity index (χ1v) is 7.12. The maximum atomic E-state index is 3.67. The minimum absolute atomic E-state index is 0.396. The number of hydrogen-bond donors (Lipinski definition) is 1. The Bertz CT molecular complexity index is 248. The molecule has 1 aliphatic carbocycles. The molecule has 2 rings (SSSR count). The van der Waals surface area contributed by atoms with Crippen molar-refractivity contribution in [3.05, 3.63) is 0 Å². The minimum atomic E-state index is 0.396. The van der Waals surface area contributed by atoms with Crippen LogP contribution in [0.5, 0.6) is 0 Å². The average Bonchev–Trinajstić information content (AvgIpc) is 3.03. The van der Waals surface area contributed by atoms with Crippen molar-refractivity contribution >= 4 is 0 Å². The van der Waals surface area contributed by atoms with Crippen LogP contribution in [0.4, 0.5) is 0 Å². The Kier molecular flexibility index (Phi) is 4.11. The first-order valence-electron chi connectivity index (χ1n) is 7.12. The van der Waals surface area contributed by atoms with Crippen LogP contribution in [-0.4, -0.2) is 61.7 Å². The Labute approximate surface area is 107 Å². The van der Waals surface area contributed by atoms with Gasteiger partial charge in [0.2, 0.25) is 0 Å². The molecule has 0 aromatic heterocycles. The number of likely N-dealkylation sites (N-methyl/N-ethyl adjacent to an activating group) is 1. The smallest absolute Gasteiger partial charge is 0.0195 e. The molecule has 3 nitrogen and oxygen atoms in total.